The third-order valence-corrected chi connectivity index (χ3v) is 7.04. The van der Waals surface area contributed by atoms with Gasteiger partial charge < -0.3 is 4.98 Å². The first-order valence-corrected chi connectivity index (χ1v) is 12.4. The number of rotatable bonds is 5. The van der Waals surface area contributed by atoms with E-state index in [4.69, 9.17) is 0 Å². The van der Waals surface area contributed by atoms with Gasteiger partial charge in [-0.15, -0.1) is 0 Å². The molecule has 7 heteroatoms. The second-order valence-corrected chi connectivity index (χ2v) is 9.44. The SMILES string of the molecule is c1ccc(-c2cncc3[nH]c(-c4n[nH]c5ccc(-c6cncc(CN7CCCC7)c6)cc45)cc23)nc1. The maximum Gasteiger partial charge on any atom is 0.116 e. The minimum atomic E-state index is 0.885. The van der Waals surface area contributed by atoms with Crippen molar-refractivity contribution in [1.82, 2.24) is 35.0 Å². The van der Waals surface area contributed by atoms with Crippen molar-refractivity contribution >= 4 is 21.8 Å². The summed E-state index contributed by atoms with van der Waals surface area (Å²) in [6.45, 7) is 3.31. The Morgan fingerprint density at radius 1 is 0.806 bits per heavy atom. The molecule has 7 nitrogen and oxygen atoms in total. The van der Waals surface area contributed by atoms with Crippen LogP contribution in [0.5, 0.6) is 0 Å². The van der Waals surface area contributed by atoms with Gasteiger partial charge in [0.05, 0.1) is 28.6 Å². The molecule has 0 unspecified atom stereocenters. The van der Waals surface area contributed by atoms with E-state index in [9.17, 15) is 0 Å². The van der Waals surface area contributed by atoms with E-state index in [1.54, 1.807) is 6.20 Å². The number of likely N-dealkylation sites (tertiary alicyclic amines) is 1. The second kappa shape index (κ2) is 8.70. The number of pyridine rings is 3. The number of hydrogen-bond donors (Lipinski definition) is 2. The molecular weight excluding hydrogens is 446 g/mol. The molecule has 1 aromatic carbocycles. The van der Waals surface area contributed by atoms with E-state index in [1.807, 2.05) is 43.0 Å². The fourth-order valence-electron chi connectivity index (χ4n) is 5.23. The van der Waals surface area contributed by atoms with Crippen molar-refractivity contribution in [3.63, 3.8) is 0 Å². The lowest BCUT2D eigenvalue weighted by atomic mass is 10.0. The number of nitrogens with one attached hydrogen (secondary N) is 2. The molecule has 1 saturated heterocycles. The zero-order valence-corrected chi connectivity index (χ0v) is 19.8. The molecule has 0 atom stereocenters. The van der Waals surface area contributed by atoms with Gasteiger partial charge in [0.2, 0.25) is 0 Å². The molecule has 176 valence electrons. The van der Waals surface area contributed by atoms with Gasteiger partial charge in [-0.2, -0.15) is 5.10 Å². The number of hydrogen-bond acceptors (Lipinski definition) is 5. The van der Waals surface area contributed by atoms with Gasteiger partial charge in [-0.05, 0) is 73.5 Å². The van der Waals surface area contributed by atoms with Crippen LogP contribution in [0.15, 0.2) is 79.5 Å². The smallest absolute Gasteiger partial charge is 0.116 e. The highest BCUT2D eigenvalue weighted by Crippen LogP contribution is 2.34. The summed E-state index contributed by atoms with van der Waals surface area (Å²) in [6, 6.07) is 16.8. The van der Waals surface area contributed by atoms with Gasteiger partial charge >= 0.3 is 0 Å². The van der Waals surface area contributed by atoms with E-state index in [0.29, 0.717) is 0 Å². The maximum absolute atomic E-state index is 4.67. The fraction of sp³-hybridized carbons (Fsp3) is 0.172. The Morgan fingerprint density at radius 3 is 2.61 bits per heavy atom. The van der Waals surface area contributed by atoms with Crippen LogP contribution in [0.2, 0.25) is 0 Å². The monoisotopic (exact) mass is 471 g/mol. The average Bonchev–Trinajstić information content (AvgIpc) is 3.68. The van der Waals surface area contributed by atoms with E-state index in [0.717, 1.165) is 62.1 Å². The topological polar surface area (TPSA) is 86.4 Å². The van der Waals surface area contributed by atoms with Crippen LogP contribution in [0.1, 0.15) is 18.4 Å². The number of H-pyrrole nitrogens is 2. The van der Waals surface area contributed by atoms with Crippen LogP contribution >= 0.6 is 0 Å². The number of aromatic amines is 2. The molecule has 0 radical (unpaired) electrons. The maximum atomic E-state index is 4.67. The molecule has 1 fully saturated rings. The molecule has 5 aromatic heterocycles. The quantitative estimate of drug-likeness (QED) is 0.331. The first-order valence-electron chi connectivity index (χ1n) is 12.4. The van der Waals surface area contributed by atoms with Crippen molar-refractivity contribution in [3.05, 3.63) is 85.1 Å². The summed E-state index contributed by atoms with van der Waals surface area (Å²) < 4.78 is 0. The molecule has 0 saturated carbocycles. The van der Waals surface area contributed by atoms with Gasteiger partial charge in [0.1, 0.15) is 5.69 Å². The third-order valence-electron chi connectivity index (χ3n) is 7.04. The predicted molar refractivity (Wildman–Crippen MR) is 142 cm³/mol. The van der Waals surface area contributed by atoms with E-state index in [1.165, 1.54) is 31.5 Å². The summed E-state index contributed by atoms with van der Waals surface area (Å²) >= 11 is 0. The first kappa shape index (κ1) is 21.0. The number of nitrogens with zero attached hydrogens (tertiary/aromatic N) is 5. The van der Waals surface area contributed by atoms with Gasteiger partial charge in [-0.3, -0.25) is 25.0 Å². The van der Waals surface area contributed by atoms with Crippen LogP contribution in [0, 0.1) is 0 Å². The zero-order chi connectivity index (χ0) is 23.9. The number of aromatic nitrogens is 6. The molecule has 0 bridgehead atoms. The molecule has 0 amide bonds. The molecule has 1 aliphatic rings. The summed E-state index contributed by atoms with van der Waals surface area (Å²) in [5.41, 5.74) is 9.19. The van der Waals surface area contributed by atoms with Crippen LogP contribution in [-0.2, 0) is 6.54 Å². The Morgan fingerprint density at radius 2 is 1.72 bits per heavy atom. The van der Waals surface area contributed by atoms with E-state index in [2.05, 4.69) is 65.4 Å². The van der Waals surface area contributed by atoms with Crippen molar-refractivity contribution in [3.8, 4) is 33.8 Å². The van der Waals surface area contributed by atoms with Crippen LogP contribution in [0.25, 0.3) is 55.6 Å². The Hall–Kier alpha value is -4.36. The Labute approximate surface area is 208 Å². The molecule has 0 spiro atoms. The van der Waals surface area contributed by atoms with Crippen molar-refractivity contribution in [2.24, 2.45) is 0 Å². The van der Waals surface area contributed by atoms with Gasteiger partial charge in [0.25, 0.3) is 0 Å². The molecular formula is C29H25N7. The normalized spacial score (nSPS) is 14.2. The lowest BCUT2D eigenvalue weighted by Gasteiger charge is -2.14. The van der Waals surface area contributed by atoms with E-state index >= 15 is 0 Å². The minimum Gasteiger partial charge on any atom is -0.352 e. The minimum absolute atomic E-state index is 0.885. The van der Waals surface area contributed by atoms with Gasteiger partial charge in [0, 0.05) is 53.2 Å². The van der Waals surface area contributed by atoms with Crippen LogP contribution < -0.4 is 0 Å². The lowest BCUT2D eigenvalue weighted by molar-refractivity contribution is 0.331. The summed E-state index contributed by atoms with van der Waals surface area (Å²) in [5, 5.41) is 10.0. The summed E-state index contributed by atoms with van der Waals surface area (Å²) in [7, 11) is 0. The van der Waals surface area contributed by atoms with Crippen molar-refractivity contribution in [1.29, 1.82) is 0 Å². The largest absolute Gasteiger partial charge is 0.352 e. The Kier molecular flexibility index (Phi) is 5.06. The highest BCUT2D eigenvalue weighted by Gasteiger charge is 2.16. The molecule has 7 rings (SSSR count). The van der Waals surface area contributed by atoms with Crippen LogP contribution in [0.4, 0.5) is 0 Å². The van der Waals surface area contributed by atoms with Crippen molar-refractivity contribution in [2.75, 3.05) is 13.1 Å². The van der Waals surface area contributed by atoms with Gasteiger partial charge in [0.15, 0.2) is 0 Å². The van der Waals surface area contributed by atoms with Crippen molar-refractivity contribution < 1.29 is 0 Å². The number of benzene rings is 1. The molecule has 1 aliphatic heterocycles. The molecule has 0 aliphatic carbocycles. The average molecular weight is 472 g/mol. The predicted octanol–water partition coefficient (Wildman–Crippen LogP) is 5.83. The van der Waals surface area contributed by atoms with Crippen molar-refractivity contribution in [2.45, 2.75) is 19.4 Å². The molecule has 36 heavy (non-hydrogen) atoms. The van der Waals surface area contributed by atoms with Gasteiger partial charge in [-0.25, -0.2) is 0 Å². The standard InChI is InChI=1S/C29H25N7/c1-2-8-32-25(5-1)24-16-31-17-28-22(24)13-27(33-28)29-23-12-20(6-7-26(23)34-35-29)21-11-19(14-30-15-21)18-36-9-3-4-10-36/h1-2,5-8,11-17,33H,3-4,9-10,18H2,(H,34,35). The highest BCUT2D eigenvalue weighted by molar-refractivity contribution is 6.01. The van der Waals surface area contributed by atoms with E-state index < -0.39 is 0 Å². The van der Waals surface area contributed by atoms with E-state index in [-0.39, 0.29) is 0 Å². The second-order valence-electron chi connectivity index (χ2n) is 9.44. The summed E-state index contributed by atoms with van der Waals surface area (Å²) in [4.78, 5) is 19.5. The highest BCUT2D eigenvalue weighted by atomic mass is 15.1. The third kappa shape index (κ3) is 3.74. The fourth-order valence-corrected chi connectivity index (χ4v) is 5.23. The number of fused-ring (bicyclic) bond motifs is 2. The Balaban J connectivity index is 1.28. The van der Waals surface area contributed by atoms with Gasteiger partial charge in [-0.1, -0.05) is 12.1 Å². The summed E-state index contributed by atoms with van der Waals surface area (Å²) in [5.74, 6) is 0. The summed E-state index contributed by atoms with van der Waals surface area (Å²) in [6.07, 6.45) is 12.0. The zero-order valence-electron chi connectivity index (χ0n) is 19.8. The first-order chi connectivity index (χ1) is 17.8. The Bertz CT molecular complexity index is 1680. The molecule has 2 N–H and O–H groups in total. The lowest BCUT2D eigenvalue weighted by Crippen LogP contribution is -2.18. The van der Waals surface area contributed by atoms with Crippen LogP contribution in [-0.4, -0.2) is 48.1 Å². The molecule has 6 aromatic rings. The molecule has 6 heterocycles. The van der Waals surface area contributed by atoms with Crippen LogP contribution in [0.3, 0.4) is 0 Å².